The van der Waals surface area contributed by atoms with Gasteiger partial charge in [-0.25, -0.2) is 0 Å². The molecule has 0 bridgehead atoms. The Morgan fingerprint density at radius 2 is 2.05 bits per heavy atom. The molecule has 0 aliphatic carbocycles. The van der Waals surface area contributed by atoms with Crippen LogP contribution in [0.5, 0.6) is 0 Å². The van der Waals surface area contributed by atoms with Crippen molar-refractivity contribution in [3.05, 3.63) is 35.9 Å². The normalized spacial score (nSPS) is 20.1. The summed E-state index contributed by atoms with van der Waals surface area (Å²) in [5, 5.41) is 9.03. The predicted molar refractivity (Wildman–Crippen MR) is 83.6 cm³/mol. The smallest absolute Gasteiger partial charge is 0.0558 e. The molecule has 0 radical (unpaired) electrons. The summed E-state index contributed by atoms with van der Waals surface area (Å²) in [5.74, 6) is 0.743. The first-order chi connectivity index (χ1) is 9.69. The second-order valence-electron chi connectivity index (χ2n) is 6.19. The van der Waals surface area contributed by atoms with Crippen LogP contribution < -0.4 is 0 Å². The average Bonchev–Trinajstić information content (AvgIpc) is 2.87. The molecular formula is C17H28N2O. The summed E-state index contributed by atoms with van der Waals surface area (Å²) in [5.41, 5.74) is 1.39. The van der Waals surface area contributed by atoms with Gasteiger partial charge in [0.1, 0.15) is 0 Å². The Labute approximate surface area is 123 Å². The molecule has 3 heteroatoms. The van der Waals surface area contributed by atoms with Crippen LogP contribution in [-0.4, -0.2) is 53.7 Å². The highest BCUT2D eigenvalue weighted by molar-refractivity contribution is 5.14. The van der Waals surface area contributed by atoms with Crippen LogP contribution in [0.3, 0.4) is 0 Å². The zero-order valence-electron chi connectivity index (χ0n) is 12.8. The number of aliphatic hydroxyl groups is 1. The van der Waals surface area contributed by atoms with E-state index in [1.54, 1.807) is 0 Å². The van der Waals surface area contributed by atoms with Crippen LogP contribution in [0.1, 0.15) is 25.8 Å². The Bertz CT molecular complexity index is 380. The molecule has 1 atom stereocenters. The summed E-state index contributed by atoms with van der Waals surface area (Å²) in [6, 6.07) is 11.3. The zero-order valence-corrected chi connectivity index (χ0v) is 12.8. The van der Waals surface area contributed by atoms with Crippen LogP contribution in [-0.2, 0) is 6.54 Å². The van der Waals surface area contributed by atoms with Gasteiger partial charge in [0.25, 0.3) is 0 Å². The predicted octanol–water partition coefficient (Wildman–Crippen LogP) is 2.21. The Kier molecular flexibility index (Phi) is 6.02. The lowest BCUT2D eigenvalue weighted by atomic mass is 10.1. The van der Waals surface area contributed by atoms with Gasteiger partial charge in [0.2, 0.25) is 0 Å². The molecule has 1 fully saturated rings. The van der Waals surface area contributed by atoms with E-state index in [2.05, 4.69) is 54.0 Å². The number of β-amino-alcohol motifs (C(OH)–C–C–N with tert-alkyl or cyclic N) is 1. The molecule has 112 valence electrons. The lowest BCUT2D eigenvalue weighted by molar-refractivity contribution is 0.171. The summed E-state index contributed by atoms with van der Waals surface area (Å²) in [6.07, 6.45) is 1.26. The van der Waals surface area contributed by atoms with E-state index in [0.29, 0.717) is 6.04 Å². The Morgan fingerprint density at radius 3 is 2.70 bits per heavy atom. The van der Waals surface area contributed by atoms with E-state index < -0.39 is 0 Å². The van der Waals surface area contributed by atoms with Gasteiger partial charge in [0.15, 0.2) is 0 Å². The molecule has 0 saturated carbocycles. The third-order valence-corrected chi connectivity index (χ3v) is 4.24. The van der Waals surface area contributed by atoms with Crippen molar-refractivity contribution in [2.45, 2.75) is 32.9 Å². The highest BCUT2D eigenvalue weighted by Crippen LogP contribution is 2.19. The number of likely N-dealkylation sites (tertiary alicyclic amines) is 1. The summed E-state index contributed by atoms with van der Waals surface area (Å²) in [4.78, 5) is 4.95. The largest absolute Gasteiger partial charge is 0.395 e. The van der Waals surface area contributed by atoms with Crippen LogP contribution in [0, 0.1) is 5.92 Å². The summed E-state index contributed by atoms with van der Waals surface area (Å²) in [6.45, 7) is 10.2. The van der Waals surface area contributed by atoms with E-state index >= 15 is 0 Å². The van der Waals surface area contributed by atoms with Gasteiger partial charge in [-0.15, -0.1) is 0 Å². The first-order valence-corrected chi connectivity index (χ1v) is 7.80. The van der Waals surface area contributed by atoms with Gasteiger partial charge >= 0.3 is 0 Å². The quantitative estimate of drug-likeness (QED) is 0.827. The van der Waals surface area contributed by atoms with Gasteiger partial charge in [-0.3, -0.25) is 4.90 Å². The maximum absolute atomic E-state index is 9.03. The van der Waals surface area contributed by atoms with Crippen molar-refractivity contribution in [3.63, 3.8) is 0 Å². The second-order valence-corrected chi connectivity index (χ2v) is 6.19. The molecule has 3 nitrogen and oxygen atoms in total. The molecule has 1 aliphatic rings. The number of hydrogen-bond acceptors (Lipinski definition) is 3. The van der Waals surface area contributed by atoms with Gasteiger partial charge in [-0.1, -0.05) is 30.3 Å². The van der Waals surface area contributed by atoms with Crippen LogP contribution in [0.2, 0.25) is 0 Å². The standard InChI is InChI=1S/C17H28N2O/c1-15(2)19(13-16-6-4-3-5-7-16)14-17-8-9-18(12-17)10-11-20/h3-7,15,17,20H,8-14H2,1-2H3/t17-/m1/s1. The van der Waals surface area contributed by atoms with E-state index in [1.165, 1.54) is 12.0 Å². The lowest BCUT2D eigenvalue weighted by Crippen LogP contribution is -2.36. The van der Waals surface area contributed by atoms with E-state index in [9.17, 15) is 0 Å². The van der Waals surface area contributed by atoms with Crippen molar-refractivity contribution in [2.24, 2.45) is 5.92 Å². The van der Waals surface area contributed by atoms with Crippen molar-refractivity contribution in [3.8, 4) is 0 Å². The average molecular weight is 276 g/mol. The van der Waals surface area contributed by atoms with Crippen molar-refractivity contribution in [2.75, 3.05) is 32.8 Å². The Morgan fingerprint density at radius 1 is 1.30 bits per heavy atom. The molecular weight excluding hydrogens is 248 g/mol. The van der Waals surface area contributed by atoms with Crippen LogP contribution in [0.15, 0.2) is 30.3 Å². The van der Waals surface area contributed by atoms with E-state index in [1.807, 2.05) is 0 Å². The fourth-order valence-electron chi connectivity index (χ4n) is 3.01. The van der Waals surface area contributed by atoms with E-state index in [-0.39, 0.29) is 6.61 Å². The third-order valence-electron chi connectivity index (χ3n) is 4.24. The van der Waals surface area contributed by atoms with Gasteiger partial charge in [0.05, 0.1) is 6.61 Å². The minimum absolute atomic E-state index is 0.282. The number of benzene rings is 1. The third kappa shape index (κ3) is 4.58. The number of aliphatic hydroxyl groups excluding tert-OH is 1. The number of nitrogens with zero attached hydrogens (tertiary/aromatic N) is 2. The summed E-state index contributed by atoms with van der Waals surface area (Å²) >= 11 is 0. The minimum atomic E-state index is 0.282. The highest BCUT2D eigenvalue weighted by Gasteiger charge is 2.24. The van der Waals surface area contributed by atoms with Gasteiger partial charge in [-0.05, 0) is 38.3 Å². The number of hydrogen-bond donors (Lipinski definition) is 1. The summed E-state index contributed by atoms with van der Waals surface area (Å²) in [7, 11) is 0. The van der Waals surface area contributed by atoms with Crippen molar-refractivity contribution < 1.29 is 5.11 Å². The maximum atomic E-state index is 9.03. The Hall–Kier alpha value is -0.900. The fourth-order valence-corrected chi connectivity index (χ4v) is 3.01. The summed E-state index contributed by atoms with van der Waals surface area (Å²) < 4.78 is 0. The topological polar surface area (TPSA) is 26.7 Å². The van der Waals surface area contributed by atoms with E-state index in [4.69, 9.17) is 5.11 Å². The van der Waals surface area contributed by atoms with Gasteiger partial charge in [0, 0.05) is 32.2 Å². The first kappa shape index (κ1) is 15.5. The lowest BCUT2D eigenvalue weighted by Gasteiger charge is -2.29. The van der Waals surface area contributed by atoms with Crippen LogP contribution in [0.25, 0.3) is 0 Å². The molecule has 20 heavy (non-hydrogen) atoms. The molecule has 2 rings (SSSR count). The minimum Gasteiger partial charge on any atom is -0.395 e. The van der Waals surface area contributed by atoms with Gasteiger partial charge < -0.3 is 10.0 Å². The van der Waals surface area contributed by atoms with Gasteiger partial charge in [-0.2, -0.15) is 0 Å². The fraction of sp³-hybridized carbons (Fsp3) is 0.647. The molecule has 0 unspecified atom stereocenters. The Balaban J connectivity index is 1.87. The molecule has 0 amide bonds. The second kappa shape index (κ2) is 7.77. The van der Waals surface area contributed by atoms with E-state index in [0.717, 1.165) is 38.6 Å². The molecule has 0 spiro atoms. The molecule has 0 aromatic heterocycles. The molecule has 1 N–H and O–H groups in total. The highest BCUT2D eigenvalue weighted by atomic mass is 16.3. The molecule has 1 heterocycles. The molecule has 1 aromatic carbocycles. The maximum Gasteiger partial charge on any atom is 0.0558 e. The van der Waals surface area contributed by atoms with Crippen LogP contribution in [0.4, 0.5) is 0 Å². The SMILES string of the molecule is CC(C)N(Cc1ccccc1)C[C@@H]1CCN(CCO)C1. The van der Waals surface area contributed by atoms with Crippen LogP contribution >= 0.6 is 0 Å². The zero-order chi connectivity index (χ0) is 14.4. The number of rotatable bonds is 7. The molecule has 1 saturated heterocycles. The van der Waals surface area contributed by atoms with Crippen molar-refractivity contribution >= 4 is 0 Å². The first-order valence-electron chi connectivity index (χ1n) is 7.80. The van der Waals surface area contributed by atoms with Crippen molar-refractivity contribution in [1.82, 2.24) is 9.80 Å². The monoisotopic (exact) mass is 276 g/mol. The van der Waals surface area contributed by atoms with Crippen molar-refractivity contribution in [1.29, 1.82) is 0 Å². The molecule has 1 aliphatic heterocycles. The molecule has 1 aromatic rings.